The summed E-state index contributed by atoms with van der Waals surface area (Å²) in [5, 5.41) is 0. The third-order valence-electron chi connectivity index (χ3n) is 2.23. The van der Waals surface area contributed by atoms with Crippen molar-refractivity contribution in [2.24, 2.45) is 0 Å². The predicted molar refractivity (Wildman–Crippen MR) is 75.6 cm³/mol. The van der Waals surface area contributed by atoms with Crippen LogP contribution in [0, 0.1) is 3.57 Å². The largest absolute Gasteiger partial charge is 0.335 e. The van der Waals surface area contributed by atoms with Crippen LogP contribution in [0.25, 0.3) is 0 Å². The van der Waals surface area contributed by atoms with Crippen molar-refractivity contribution in [2.45, 2.75) is 13.8 Å². The molecule has 1 aromatic rings. The SMILES string of the molecule is C=C(C)CN(CC)C(=O)c1ccccc1I. The van der Waals surface area contributed by atoms with Gasteiger partial charge < -0.3 is 4.90 Å². The molecule has 1 aromatic carbocycles. The Morgan fingerprint density at radius 1 is 1.44 bits per heavy atom. The summed E-state index contributed by atoms with van der Waals surface area (Å²) < 4.78 is 0.991. The number of carbonyl (C=O) groups is 1. The summed E-state index contributed by atoms with van der Waals surface area (Å²) in [4.78, 5) is 14.0. The van der Waals surface area contributed by atoms with Gasteiger partial charge in [0, 0.05) is 16.7 Å². The molecule has 16 heavy (non-hydrogen) atoms. The molecule has 0 aromatic heterocycles. The highest BCUT2D eigenvalue weighted by atomic mass is 127. The number of likely N-dealkylation sites (N-methyl/N-ethyl adjacent to an activating group) is 1. The first kappa shape index (κ1) is 13.2. The van der Waals surface area contributed by atoms with Crippen molar-refractivity contribution in [1.82, 2.24) is 4.90 Å². The first-order valence-electron chi connectivity index (χ1n) is 5.24. The minimum absolute atomic E-state index is 0.0792. The lowest BCUT2D eigenvalue weighted by molar-refractivity contribution is 0.0777. The van der Waals surface area contributed by atoms with Crippen LogP contribution in [-0.4, -0.2) is 23.9 Å². The molecule has 0 radical (unpaired) electrons. The molecule has 3 heteroatoms. The Hall–Kier alpha value is -0.840. The molecule has 0 fully saturated rings. The second-order valence-electron chi connectivity index (χ2n) is 3.76. The Kier molecular flexibility index (Phi) is 4.99. The maximum atomic E-state index is 12.2. The zero-order valence-electron chi connectivity index (χ0n) is 9.66. The van der Waals surface area contributed by atoms with E-state index >= 15 is 0 Å². The number of hydrogen-bond acceptors (Lipinski definition) is 1. The van der Waals surface area contributed by atoms with E-state index < -0.39 is 0 Å². The smallest absolute Gasteiger partial charge is 0.255 e. The van der Waals surface area contributed by atoms with Gasteiger partial charge in [0.2, 0.25) is 0 Å². The molecular formula is C13H16INO. The molecule has 0 aliphatic rings. The summed E-state index contributed by atoms with van der Waals surface area (Å²) in [6, 6.07) is 7.64. The molecule has 0 atom stereocenters. The lowest BCUT2D eigenvalue weighted by Crippen LogP contribution is -2.32. The predicted octanol–water partition coefficient (Wildman–Crippen LogP) is 3.33. The standard InChI is InChI=1S/C13H16INO/c1-4-15(9-10(2)3)13(16)11-7-5-6-8-12(11)14/h5-8H,2,4,9H2,1,3H3. The van der Waals surface area contributed by atoms with E-state index in [1.165, 1.54) is 0 Å². The third-order valence-corrected chi connectivity index (χ3v) is 3.17. The lowest BCUT2D eigenvalue weighted by Gasteiger charge is -2.21. The molecule has 1 amide bonds. The molecule has 0 saturated heterocycles. The molecule has 86 valence electrons. The van der Waals surface area contributed by atoms with Crippen LogP contribution in [0.2, 0.25) is 0 Å². The average molecular weight is 329 g/mol. The second kappa shape index (κ2) is 6.03. The second-order valence-corrected chi connectivity index (χ2v) is 4.92. The number of benzene rings is 1. The summed E-state index contributed by atoms with van der Waals surface area (Å²) in [6.07, 6.45) is 0. The fourth-order valence-corrected chi connectivity index (χ4v) is 2.08. The van der Waals surface area contributed by atoms with Gasteiger partial charge in [0.15, 0.2) is 0 Å². The Bertz CT molecular complexity index is 401. The van der Waals surface area contributed by atoms with Gasteiger partial charge in [-0.25, -0.2) is 0 Å². The average Bonchev–Trinajstić information content (AvgIpc) is 2.25. The number of nitrogens with zero attached hydrogens (tertiary/aromatic N) is 1. The molecule has 2 nitrogen and oxygen atoms in total. The van der Waals surface area contributed by atoms with Crippen LogP contribution in [0.5, 0.6) is 0 Å². The summed E-state index contributed by atoms with van der Waals surface area (Å²) in [5.74, 6) is 0.0792. The van der Waals surface area contributed by atoms with Gasteiger partial charge in [-0.2, -0.15) is 0 Å². The maximum absolute atomic E-state index is 12.2. The number of rotatable bonds is 4. The molecule has 0 unspecified atom stereocenters. The van der Waals surface area contributed by atoms with E-state index in [-0.39, 0.29) is 5.91 Å². The van der Waals surface area contributed by atoms with Gasteiger partial charge in [0.1, 0.15) is 0 Å². The van der Waals surface area contributed by atoms with Gasteiger partial charge >= 0.3 is 0 Å². The minimum atomic E-state index is 0.0792. The number of halogens is 1. The Morgan fingerprint density at radius 2 is 2.06 bits per heavy atom. The molecule has 0 aliphatic heterocycles. The molecule has 0 spiro atoms. The molecule has 0 aliphatic carbocycles. The van der Waals surface area contributed by atoms with Crippen LogP contribution < -0.4 is 0 Å². The van der Waals surface area contributed by atoms with Crippen LogP contribution in [0.1, 0.15) is 24.2 Å². The van der Waals surface area contributed by atoms with E-state index in [2.05, 4.69) is 29.2 Å². The van der Waals surface area contributed by atoms with Crippen molar-refractivity contribution >= 4 is 28.5 Å². The van der Waals surface area contributed by atoms with E-state index in [1.807, 2.05) is 38.1 Å². The fraction of sp³-hybridized carbons (Fsp3) is 0.308. The zero-order chi connectivity index (χ0) is 12.1. The molecule has 0 saturated carbocycles. The van der Waals surface area contributed by atoms with Crippen LogP contribution in [-0.2, 0) is 0 Å². The summed E-state index contributed by atoms with van der Waals surface area (Å²) >= 11 is 2.19. The lowest BCUT2D eigenvalue weighted by atomic mass is 10.2. The van der Waals surface area contributed by atoms with Gasteiger partial charge in [0.25, 0.3) is 5.91 Å². The normalized spacial score (nSPS) is 9.94. The zero-order valence-corrected chi connectivity index (χ0v) is 11.8. The number of amides is 1. The highest BCUT2D eigenvalue weighted by Crippen LogP contribution is 2.14. The van der Waals surface area contributed by atoms with E-state index in [4.69, 9.17) is 0 Å². The van der Waals surface area contributed by atoms with Crippen molar-refractivity contribution in [3.63, 3.8) is 0 Å². The van der Waals surface area contributed by atoms with E-state index in [0.717, 1.165) is 14.7 Å². The van der Waals surface area contributed by atoms with E-state index in [1.54, 1.807) is 4.90 Å². The number of hydrogen-bond donors (Lipinski definition) is 0. The summed E-state index contributed by atoms with van der Waals surface area (Å²) in [7, 11) is 0. The van der Waals surface area contributed by atoms with Crippen molar-refractivity contribution in [3.05, 3.63) is 45.6 Å². The maximum Gasteiger partial charge on any atom is 0.255 e. The van der Waals surface area contributed by atoms with Crippen molar-refractivity contribution in [1.29, 1.82) is 0 Å². The van der Waals surface area contributed by atoms with Crippen molar-refractivity contribution < 1.29 is 4.79 Å². The first-order chi connectivity index (χ1) is 7.56. The molecule has 1 rings (SSSR count). The van der Waals surface area contributed by atoms with E-state index in [9.17, 15) is 4.79 Å². The highest BCUT2D eigenvalue weighted by Gasteiger charge is 2.15. The Morgan fingerprint density at radius 3 is 2.56 bits per heavy atom. The van der Waals surface area contributed by atoms with Crippen molar-refractivity contribution in [2.75, 3.05) is 13.1 Å². The first-order valence-corrected chi connectivity index (χ1v) is 6.32. The summed E-state index contributed by atoms with van der Waals surface area (Å²) in [6.45, 7) is 9.10. The fourth-order valence-electron chi connectivity index (χ4n) is 1.46. The van der Waals surface area contributed by atoms with E-state index in [0.29, 0.717) is 13.1 Å². The monoisotopic (exact) mass is 329 g/mol. The van der Waals surface area contributed by atoms with Crippen LogP contribution >= 0.6 is 22.6 Å². The Labute approximate surface area is 110 Å². The van der Waals surface area contributed by atoms with Gasteiger partial charge in [-0.15, -0.1) is 0 Å². The third kappa shape index (κ3) is 3.33. The Balaban J connectivity index is 2.91. The molecule has 0 N–H and O–H groups in total. The topological polar surface area (TPSA) is 20.3 Å². The van der Waals surface area contributed by atoms with Crippen LogP contribution in [0.15, 0.2) is 36.4 Å². The summed E-state index contributed by atoms with van der Waals surface area (Å²) in [5.41, 5.74) is 1.77. The van der Waals surface area contributed by atoms with Crippen LogP contribution in [0.4, 0.5) is 0 Å². The van der Waals surface area contributed by atoms with Gasteiger partial charge in [0.05, 0.1) is 5.56 Å². The molecule has 0 bridgehead atoms. The molecular weight excluding hydrogens is 313 g/mol. The molecule has 0 heterocycles. The van der Waals surface area contributed by atoms with Gasteiger partial charge in [-0.1, -0.05) is 24.3 Å². The van der Waals surface area contributed by atoms with Crippen molar-refractivity contribution in [3.8, 4) is 0 Å². The number of carbonyl (C=O) groups excluding carboxylic acids is 1. The minimum Gasteiger partial charge on any atom is -0.335 e. The van der Waals surface area contributed by atoms with Gasteiger partial charge in [-0.05, 0) is 48.6 Å². The van der Waals surface area contributed by atoms with Crippen LogP contribution in [0.3, 0.4) is 0 Å². The quantitative estimate of drug-likeness (QED) is 0.613. The highest BCUT2D eigenvalue weighted by molar-refractivity contribution is 14.1. The van der Waals surface area contributed by atoms with Gasteiger partial charge in [-0.3, -0.25) is 4.79 Å².